The molecule has 1 N–H and O–H groups in total. The number of hydrogen-bond donors (Lipinski definition) is 2. The van der Waals surface area contributed by atoms with Crippen LogP contribution in [-0.2, 0) is 0 Å². The Morgan fingerprint density at radius 1 is 1.40 bits per heavy atom. The van der Waals surface area contributed by atoms with Gasteiger partial charge in [-0.1, -0.05) is 12.1 Å². The van der Waals surface area contributed by atoms with Gasteiger partial charge in [0.1, 0.15) is 5.75 Å². The highest BCUT2D eigenvalue weighted by Gasteiger charge is 2.16. The highest BCUT2D eigenvalue weighted by atomic mass is 32.1. The molecule has 0 fully saturated rings. The largest absolute Gasteiger partial charge is 0.459 e. The molecule has 3 heteroatoms. The molecule has 0 radical (unpaired) electrons. The average molecular weight is 153 g/mol. The van der Waals surface area contributed by atoms with Crippen molar-refractivity contribution in [2.24, 2.45) is 0 Å². The molecule has 2 nitrogen and oxygen atoms in total. The quantitative estimate of drug-likeness (QED) is 0.553. The molecular weight excluding hydrogens is 146 g/mol. The molecule has 1 aliphatic rings. The standard InChI is InChI=1S/C7H7NOS/c10-7-8-5-3-1-2-4-6(5)9-7/h1-4,7-8,10H. The van der Waals surface area contributed by atoms with Gasteiger partial charge >= 0.3 is 0 Å². The van der Waals surface area contributed by atoms with Crippen molar-refractivity contribution in [3.05, 3.63) is 24.3 Å². The summed E-state index contributed by atoms with van der Waals surface area (Å²) in [6, 6.07) is 7.78. The zero-order valence-electron chi connectivity index (χ0n) is 5.24. The van der Waals surface area contributed by atoms with Crippen LogP contribution in [0.5, 0.6) is 5.75 Å². The second-order valence-corrected chi connectivity index (χ2v) is 2.58. The fraction of sp³-hybridized carbons (Fsp3) is 0.143. The minimum atomic E-state index is -0.183. The minimum Gasteiger partial charge on any atom is -0.459 e. The Labute approximate surface area is 64.6 Å². The zero-order valence-corrected chi connectivity index (χ0v) is 6.14. The molecule has 1 aromatic carbocycles. The second kappa shape index (κ2) is 2.09. The maximum absolute atomic E-state index is 5.26. The SMILES string of the molecule is SC1Nc2ccccc2O1. The van der Waals surface area contributed by atoms with E-state index < -0.39 is 0 Å². The zero-order chi connectivity index (χ0) is 6.97. The third kappa shape index (κ3) is 0.827. The highest BCUT2D eigenvalue weighted by molar-refractivity contribution is 7.80. The number of hydrogen-bond acceptors (Lipinski definition) is 3. The molecule has 0 saturated carbocycles. The van der Waals surface area contributed by atoms with Gasteiger partial charge in [0, 0.05) is 0 Å². The third-order valence-corrected chi connectivity index (χ3v) is 1.64. The number of thiol groups is 1. The van der Waals surface area contributed by atoms with E-state index in [1.165, 1.54) is 0 Å². The van der Waals surface area contributed by atoms with Crippen LogP contribution < -0.4 is 10.1 Å². The van der Waals surface area contributed by atoms with Gasteiger partial charge in [-0.15, -0.1) is 12.6 Å². The Hall–Kier alpha value is -0.830. The van der Waals surface area contributed by atoms with Crippen LogP contribution in [0.3, 0.4) is 0 Å². The lowest BCUT2D eigenvalue weighted by Gasteiger charge is -1.99. The van der Waals surface area contributed by atoms with Crippen LogP contribution in [0.4, 0.5) is 5.69 Å². The molecule has 1 atom stereocenters. The van der Waals surface area contributed by atoms with Crippen molar-refractivity contribution in [2.45, 2.75) is 5.56 Å². The van der Waals surface area contributed by atoms with Crippen molar-refractivity contribution < 1.29 is 4.74 Å². The molecule has 1 heterocycles. The van der Waals surface area contributed by atoms with E-state index in [-0.39, 0.29) is 5.56 Å². The number of benzene rings is 1. The minimum absolute atomic E-state index is 0.183. The predicted molar refractivity (Wildman–Crippen MR) is 43.5 cm³/mol. The van der Waals surface area contributed by atoms with E-state index in [2.05, 4.69) is 17.9 Å². The second-order valence-electron chi connectivity index (χ2n) is 2.11. The van der Waals surface area contributed by atoms with Crippen molar-refractivity contribution in [3.8, 4) is 5.75 Å². The van der Waals surface area contributed by atoms with E-state index in [1.807, 2.05) is 24.3 Å². The first kappa shape index (κ1) is 5.92. The molecule has 0 aliphatic carbocycles. The fourth-order valence-corrected chi connectivity index (χ4v) is 1.22. The Morgan fingerprint density at radius 3 is 3.00 bits per heavy atom. The van der Waals surface area contributed by atoms with E-state index >= 15 is 0 Å². The van der Waals surface area contributed by atoms with E-state index in [1.54, 1.807) is 0 Å². The summed E-state index contributed by atoms with van der Waals surface area (Å²) in [7, 11) is 0. The molecular formula is C7H7NOS. The predicted octanol–water partition coefficient (Wildman–Crippen LogP) is 1.70. The number of para-hydroxylation sites is 2. The summed E-state index contributed by atoms with van der Waals surface area (Å²) in [6.07, 6.45) is 0. The van der Waals surface area contributed by atoms with E-state index in [4.69, 9.17) is 4.74 Å². The van der Waals surface area contributed by atoms with Gasteiger partial charge in [0.05, 0.1) is 5.69 Å². The monoisotopic (exact) mass is 153 g/mol. The maximum atomic E-state index is 5.26. The van der Waals surface area contributed by atoms with Gasteiger partial charge in [-0.05, 0) is 12.1 Å². The van der Waals surface area contributed by atoms with Crippen LogP contribution in [-0.4, -0.2) is 5.56 Å². The Balaban J connectivity index is 2.42. The van der Waals surface area contributed by atoms with Gasteiger partial charge in [0.25, 0.3) is 0 Å². The van der Waals surface area contributed by atoms with Gasteiger partial charge < -0.3 is 10.1 Å². The molecule has 0 aromatic heterocycles. The first-order chi connectivity index (χ1) is 4.86. The Morgan fingerprint density at radius 2 is 2.20 bits per heavy atom. The van der Waals surface area contributed by atoms with Gasteiger partial charge in [0.15, 0.2) is 0 Å². The first-order valence-corrected chi connectivity index (χ1v) is 3.58. The molecule has 0 spiro atoms. The summed E-state index contributed by atoms with van der Waals surface area (Å²) in [5.74, 6) is 0.877. The first-order valence-electron chi connectivity index (χ1n) is 3.06. The van der Waals surface area contributed by atoms with Gasteiger partial charge in [-0.2, -0.15) is 0 Å². The lowest BCUT2D eigenvalue weighted by molar-refractivity contribution is 0.343. The summed E-state index contributed by atoms with van der Waals surface area (Å²) in [6.45, 7) is 0. The van der Waals surface area contributed by atoms with Crippen molar-refractivity contribution >= 4 is 18.3 Å². The number of rotatable bonds is 0. The molecule has 2 rings (SSSR count). The molecule has 1 aliphatic heterocycles. The molecule has 1 aromatic rings. The highest BCUT2D eigenvalue weighted by Crippen LogP contribution is 2.31. The Bertz CT molecular complexity index is 226. The lowest BCUT2D eigenvalue weighted by Crippen LogP contribution is -2.10. The third-order valence-electron chi connectivity index (χ3n) is 1.40. The summed E-state index contributed by atoms with van der Waals surface area (Å²) in [5.41, 5.74) is 0.833. The molecule has 0 bridgehead atoms. The van der Waals surface area contributed by atoms with Crippen molar-refractivity contribution in [2.75, 3.05) is 5.32 Å². The Kier molecular flexibility index (Phi) is 1.24. The summed E-state index contributed by atoms with van der Waals surface area (Å²) in [5, 5.41) is 3.04. The van der Waals surface area contributed by atoms with Crippen LogP contribution in [0.1, 0.15) is 0 Å². The summed E-state index contributed by atoms with van der Waals surface area (Å²) in [4.78, 5) is 0. The van der Waals surface area contributed by atoms with Crippen molar-refractivity contribution in [3.63, 3.8) is 0 Å². The summed E-state index contributed by atoms with van der Waals surface area (Å²) >= 11 is 4.10. The van der Waals surface area contributed by atoms with Crippen LogP contribution in [0.2, 0.25) is 0 Å². The smallest absolute Gasteiger partial charge is 0.216 e. The molecule has 0 amide bonds. The van der Waals surface area contributed by atoms with Crippen molar-refractivity contribution in [1.82, 2.24) is 0 Å². The maximum Gasteiger partial charge on any atom is 0.216 e. The number of nitrogens with one attached hydrogen (secondary N) is 1. The van der Waals surface area contributed by atoms with Crippen LogP contribution in [0.25, 0.3) is 0 Å². The van der Waals surface area contributed by atoms with Crippen LogP contribution in [0, 0.1) is 0 Å². The normalized spacial score (nSPS) is 21.1. The van der Waals surface area contributed by atoms with E-state index in [0.29, 0.717) is 0 Å². The molecule has 10 heavy (non-hydrogen) atoms. The van der Waals surface area contributed by atoms with E-state index in [9.17, 15) is 0 Å². The fourth-order valence-electron chi connectivity index (χ4n) is 0.971. The number of fused-ring (bicyclic) bond motifs is 1. The van der Waals surface area contributed by atoms with E-state index in [0.717, 1.165) is 11.4 Å². The van der Waals surface area contributed by atoms with Crippen LogP contribution in [0.15, 0.2) is 24.3 Å². The van der Waals surface area contributed by atoms with Gasteiger partial charge in [-0.3, -0.25) is 0 Å². The molecule has 52 valence electrons. The lowest BCUT2D eigenvalue weighted by atomic mass is 10.3. The average Bonchev–Trinajstić information content (AvgIpc) is 2.27. The summed E-state index contributed by atoms with van der Waals surface area (Å²) < 4.78 is 5.26. The van der Waals surface area contributed by atoms with Gasteiger partial charge in [-0.25, -0.2) is 0 Å². The topological polar surface area (TPSA) is 21.3 Å². The van der Waals surface area contributed by atoms with Crippen molar-refractivity contribution in [1.29, 1.82) is 0 Å². The molecule has 0 saturated heterocycles. The number of anilines is 1. The number of ether oxygens (including phenoxy) is 1. The van der Waals surface area contributed by atoms with Crippen LogP contribution >= 0.6 is 12.6 Å². The molecule has 1 unspecified atom stereocenters. The van der Waals surface area contributed by atoms with Gasteiger partial charge in [0.2, 0.25) is 5.56 Å².